The molecule has 20 heavy (non-hydrogen) atoms. The second-order valence-corrected chi connectivity index (χ2v) is 5.66. The number of hydrogen-bond acceptors (Lipinski definition) is 1. The molecular weight excluding hydrogens is 411 g/mol. The molecule has 0 bridgehead atoms. The van der Waals surface area contributed by atoms with E-state index in [-0.39, 0.29) is 25.8 Å². The van der Waals surface area contributed by atoms with Gasteiger partial charge in [-0.2, -0.15) is 0 Å². The summed E-state index contributed by atoms with van der Waals surface area (Å²) in [4.78, 5) is 0. The second-order valence-electron chi connectivity index (χ2n) is 5.66. The summed E-state index contributed by atoms with van der Waals surface area (Å²) in [5, 5.41) is 11.5. The minimum Gasteiger partial charge on any atom is -0.381 e. The molecule has 0 aliphatic heterocycles. The van der Waals surface area contributed by atoms with E-state index < -0.39 is 5.60 Å². The first-order chi connectivity index (χ1) is 9.23. The summed E-state index contributed by atoms with van der Waals surface area (Å²) in [7, 11) is 0. The maximum Gasteiger partial charge on any atom is 0.111 e. The zero-order valence-corrected chi connectivity index (χ0v) is 16.3. The minimum atomic E-state index is -0.725. The molecular formula is C18H26HfO. The fourth-order valence-electron chi connectivity index (χ4n) is 3.35. The Bertz CT molecular complexity index is 399. The largest absolute Gasteiger partial charge is 0.381 e. The molecule has 0 saturated carbocycles. The summed E-state index contributed by atoms with van der Waals surface area (Å²) in [6, 6.07) is 0. The Balaban J connectivity index is 0.00000200. The van der Waals surface area contributed by atoms with Crippen molar-refractivity contribution in [2.24, 2.45) is 5.92 Å². The van der Waals surface area contributed by atoms with Crippen molar-refractivity contribution in [2.75, 3.05) is 0 Å². The van der Waals surface area contributed by atoms with Gasteiger partial charge in [0.15, 0.2) is 0 Å². The molecule has 2 aliphatic carbocycles. The van der Waals surface area contributed by atoms with Gasteiger partial charge in [0.1, 0.15) is 5.60 Å². The average Bonchev–Trinajstić information content (AvgIpc) is 3.12. The number of rotatable bonds is 7. The average molecular weight is 437 g/mol. The first-order valence-electron chi connectivity index (χ1n) is 7.68. The van der Waals surface area contributed by atoms with Crippen LogP contribution >= 0.6 is 0 Å². The van der Waals surface area contributed by atoms with Crippen molar-refractivity contribution in [3.8, 4) is 0 Å². The van der Waals surface area contributed by atoms with Crippen molar-refractivity contribution in [3.63, 3.8) is 0 Å². The number of aliphatic hydroxyl groups is 1. The first-order valence-corrected chi connectivity index (χ1v) is 7.68. The molecule has 2 rings (SSSR count). The van der Waals surface area contributed by atoms with Gasteiger partial charge >= 0.3 is 0 Å². The van der Waals surface area contributed by atoms with E-state index in [4.69, 9.17) is 0 Å². The topological polar surface area (TPSA) is 20.2 Å². The zero-order chi connectivity index (χ0) is 13.7. The predicted octanol–water partition coefficient (Wildman–Crippen LogP) is 4.70. The van der Waals surface area contributed by atoms with Crippen LogP contribution in [0.5, 0.6) is 0 Å². The van der Waals surface area contributed by atoms with Gasteiger partial charge in [0.2, 0.25) is 0 Å². The molecule has 0 saturated heterocycles. The molecule has 2 heteroatoms. The van der Waals surface area contributed by atoms with E-state index in [0.717, 1.165) is 25.7 Å². The summed E-state index contributed by atoms with van der Waals surface area (Å²) >= 11 is 0. The molecule has 108 valence electrons. The van der Waals surface area contributed by atoms with Gasteiger partial charge in [0.05, 0.1) is 0 Å². The van der Waals surface area contributed by atoms with Crippen molar-refractivity contribution in [1.29, 1.82) is 0 Å². The number of allylic oxidation sites excluding steroid dienone is 6. The summed E-state index contributed by atoms with van der Waals surface area (Å²) in [6.45, 7) is 4.43. The molecule has 1 atom stereocenters. The molecule has 0 spiro atoms. The van der Waals surface area contributed by atoms with Gasteiger partial charge in [-0.3, -0.25) is 0 Å². The van der Waals surface area contributed by atoms with Crippen molar-refractivity contribution in [3.05, 3.63) is 47.6 Å². The fraction of sp³-hybridized carbons (Fsp3) is 0.556. The predicted molar refractivity (Wildman–Crippen MR) is 81.9 cm³/mol. The van der Waals surface area contributed by atoms with E-state index in [1.807, 2.05) is 0 Å². The standard InChI is InChI=1S/C18H26O.Hf/c1-3-5-10-15(4-2)18(19,16-11-6-7-12-16)17-13-8-9-14-17;/h6-9,11,13,15,19H,3-5,10,12,14H2,1-2H3;. The van der Waals surface area contributed by atoms with Crippen LogP contribution in [0, 0.1) is 5.92 Å². The number of hydrogen-bond donors (Lipinski definition) is 1. The van der Waals surface area contributed by atoms with Crippen LogP contribution < -0.4 is 0 Å². The van der Waals surface area contributed by atoms with E-state index in [1.54, 1.807) is 0 Å². The Hall–Kier alpha value is -0.210. The Morgan fingerprint density at radius 1 is 1.10 bits per heavy atom. The molecule has 1 unspecified atom stereocenters. The monoisotopic (exact) mass is 438 g/mol. The van der Waals surface area contributed by atoms with E-state index >= 15 is 0 Å². The third-order valence-electron chi connectivity index (χ3n) is 4.51. The maximum absolute atomic E-state index is 11.5. The fourth-order valence-corrected chi connectivity index (χ4v) is 3.35. The van der Waals surface area contributed by atoms with Gasteiger partial charge in [-0.1, -0.05) is 63.1 Å². The van der Waals surface area contributed by atoms with Gasteiger partial charge in [-0.15, -0.1) is 0 Å². The summed E-state index contributed by atoms with van der Waals surface area (Å²) < 4.78 is 0. The van der Waals surface area contributed by atoms with Crippen LogP contribution in [0.1, 0.15) is 52.4 Å². The smallest absolute Gasteiger partial charge is 0.111 e. The molecule has 0 aromatic heterocycles. The summed E-state index contributed by atoms with van der Waals surface area (Å²) in [5.74, 6) is 0.338. The Labute approximate surface area is 142 Å². The van der Waals surface area contributed by atoms with Crippen LogP contribution in [0.2, 0.25) is 0 Å². The van der Waals surface area contributed by atoms with Crippen LogP contribution in [0.25, 0.3) is 0 Å². The third-order valence-corrected chi connectivity index (χ3v) is 4.51. The first kappa shape index (κ1) is 17.8. The molecule has 0 fully saturated rings. The van der Waals surface area contributed by atoms with Crippen LogP contribution in [0.4, 0.5) is 0 Å². The molecule has 0 amide bonds. The molecule has 0 radical (unpaired) electrons. The quantitative estimate of drug-likeness (QED) is 0.573. The minimum absolute atomic E-state index is 0. The molecule has 1 nitrogen and oxygen atoms in total. The van der Waals surface area contributed by atoms with Crippen molar-refractivity contribution < 1.29 is 30.9 Å². The molecule has 0 aromatic carbocycles. The molecule has 0 heterocycles. The normalized spacial score (nSPS) is 18.8. The van der Waals surface area contributed by atoms with Gasteiger partial charge in [-0.05, 0) is 42.7 Å². The second kappa shape index (κ2) is 8.29. The van der Waals surface area contributed by atoms with Gasteiger partial charge < -0.3 is 5.11 Å². The van der Waals surface area contributed by atoms with Gasteiger partial charge in [0, 0.05) is 25.8 Å². The third kappa shape index (κ3) is 3.51. The van der Waals surface area contributed by atoms with Crippen LogP contribution in [0.3, 0.4) is 0 Å². The Kier molecular flexibility index (Phi) is 7.39. The van der Waals surface area contributed by atoms with Crippen LogP contribution in [-0.2, 0) is 25.8 Å². The molecule has 2 aliphatic rings. The Morgan fingerprint density at radius 3 is 2.00 bits per heavy atom. The van der Waals surface area contributed by atoms with Crippen molar-refractivity contribution in [2.45, 2.75) is 58.0 Å². The van der Waals surface area contributed by atoms with Crippen LogP contribution in [0.15, 0.2) is 47.6 Å². The van der Waals surface area contributed by atoms with Crippen molar-refractivity contribution in [1.82, 2.24) is 0 Å². The number of unbranched alkanes of at least 4 members (excludes halogenated alkanes) is 1. The van der Waals surface area contributed by atoms with Gasteiger partial charge in [0.25, 0.3) is 0 Å². The zero-order valence-electron chi connectivity index (χ0n) is 12.7. The SMILES string of the molecule is CCCCC(CC)C(O)(C1=CC=CC1)C1=CC=CC1.[Hf]. The van der Waals surface area contributed by atoms with E-state index in [1.165, 1.54) is 24.0 Å². The van der Waals surface area contributed by atoms with Gasteiger partial charge in [-0.25, -0.2) is 0 Å². The van der Waals surface area contributed by atoms with Crippen LogP contribution in [-0.4, -0.2) is 10.7 Å². The molecule has 0 aromatic rings. The van der Waals surface area contributed by atoms with Crippen molar-refractivity contribution >= 4 is 0 Å². The maximum atomic E-state index is 11.5. The van der Waals surface area contributed by atoms with E-state index in [0.29, 0.717) is 5.92 Å². The summed E-state index contributed by atoms with van der Waals surface area (Å²) in [5.41, 5.74) is 1.65. The molecule has 1 N–H and O–H groups in total. The Morgan fingerprint density at radius 2 is 1.65 bits per heavy atom. The van der Waals surface area contributed by atoms with E-state index in [9.17, 15) is 5.11 Å². The summed E-state index contributed by atoms with van der Waals surface area (Å²) in [6.07, 6.45) is 19.0. The van der Waals surface area contributed by atoms with E-state index in [2.05, 4.69) is 50.3 Å².